The van der Waals surface area contributed by atoms with Crippen LogP contribution in [-0.2, 0) is 0 Å². The van der Waals surface area contributed by atoms with Crippen molar-refractivity contribution in [1.29, 1.82) is 0 Å². The molecule has 3 N–H and O–H groups in total. The van der Waals surface area contributed by atoms with Crippen molar-refractivity contribution >= 4 is 15.9 Å². The van der Waals surface area contributed by atoms with E-state index in [9.17, 15) is 9.50 Å². The van der Waals surface area contributed by atoms with Crippen molar-refractivity contribution in [3.8, 4) is 0 Å². The average molecular weight is 248 g/mol. The highest BCUT2D eigenvalue weighted by Gasteiger charge is 2.16. The molecule has 0 unspecified atom stereocenters. The van der Waals surface area contributed by atoms with Gasteiger partial charge < -0.3 is 10.8 Å². The maximum absolute atomic E-state index is 13.2. The fraction of sp³-hybridized carbons (Fsp3) is 0.333. The Bertz CT molecular complexity index is 304. The van der Waals surface area contributed by atoms with E-state index < -0.39 is 18.0 Å². The van der Waals surface area contributed by atoms with Gasteiger partial charge in [-0.15, -0.1) is 0 Å². The van der Waals surface area contributed by atoms with E-state index in [2.05, 4.69) is 15.9 Å². The van der Waals surface area contributed by atoms with Gasteiger partial charge in [0, 0.05) is 10.0 Å². The fourth-order valence-electron chi connectivity index (χ4n) is 1.03. The van der Waals surface area contributed by atoms with Gasteiger partial charge in [0.1, 0.15) is 5.82 Å². The molecule has 0 aliphatic rings. The standard InChI is InChI=1S/C9H11BrFNO/c1-5(13)9(12)7-4-6(10)2-3-8(7)11/h2-5,9,13H,12H2,1H3/t5-,9+/m0/s1. The Morgan fingerprint density at radius 3 is 2.69 bits per heavy atom. The van der Waals surface area contributed by atoms with Gasteiger partial charge in [-0.3, -0.25) is 0 Å². The Morgan fingerprint density at radius 1 is 1.54 bits per heavy atom. The van der Waals surface area contributed by atoms with Crippen LogP contribution in [0.1, 0.15) is 18.5 Å². The largest absolute Gasteiger partial charge is 0.391 e. The van der Waals surface area contributed by atoms with E-state index in [1.165, 1.54) is 13.0 Å². The predicted octanol–water partition coefficient (Wildman–Crippen LogP) is 1.97. The van der Waals surface area contributed by atoms with E-state index in [-0.39, 0.29) is 0 Å². The first-order chi connectivity index (χ1) is 6.02. The molecule has 0 amide bonds. The van der Waals surface area contributed by atoms with E-state index in [4.69, 9.17) is 5.73 Å². The number of rotatable bonds is 2. The molecule has 1 rings (SSSR count). The van der Waals surface area contributed by atoms with Crippen LogP contribution in [-0.4, -0.2) is 11.2 Å². The number of halogens is 2. The van der Waals surface area contributed by atoms with Crippen LogP contribution in [0.25, 0.3) is 0 Å². The fourth-order valence-corrected chi connectivity index (χ4v) is 1.41. The number of aliphatic hydroxyl groups excluding tert-OH is 1. The molecule has 0 heterocycles. The summed E-state index contributed by atoms with van der Waals surface area (Å²) in [5.74, 6) is -0.392. The number of hydrogen-bond acceptors (Lipinski definition) is 2. The van der Waals surface area contributed by atoms with Crippen LogP contribution in [0.4, 0.5) is 4.39 Å². The summed E-state index contributed by atoms with van der Waals surface area (Å²) in [5.41, 5.74) is 5.92. The Hall–Kier alpha value is -0.450. The zero-order chi connectivity index (χ0) is 10.0. The highest BCUT2D eigenvalue weighted by Crippen LogP contribution is 2.22. The third-order valence-corrected chi connectivity index (χ3v) is 2.33. The minimum absolute atomic E-state index is 0.323. The average Bonchev–Trinajstić information content (AvgIpc) is 2.08. The number of nitrogens with two attached hydrogens (primary N) is 1. The topological polar surface area (TPSA) is 46.2 Å². The highest BCUT2D eigenvalue weighted by molar-refractivity contribution is 9.10. The third-order valence-electron chi connectivity index (χ3n) is 1.84. The predicted molar refractivity (Wildman–Crippen MR) is 52.7 cm³/mol. The highest BCUT2D eigenvalue weighted by atomic mass is 79.9. The molecule has 0 radical (unpaired) electrons. The van der Waals surface area contributed by atoms with Crippen molar-refractivity contribution in [3.05, 3.63) is 34.1 Å². The SMILES string of the molecule is C[C@H](O)[C@@H](N)c1cc(Br)ccc1F. The van der Waals surface area contributed by atoms with Gasteiger partial charge >= 0.3 is 0 Å². The molecule has 0 saturated carbocycles. The molecule has 72 valence electrons. The van der Waals surface area contributed by atoms with Gasteiger partial charge in [-0.05, 0) is 25.1 Å². The summed E-state index contributed by atoms with van der Waals surface area (Å²) >= 11 is 3.21. The Morgan fingerprint density at radius 2 is 2.15 bits per heavy atom. The molecular weight excluding hydrogens is 237 g/mol. The second-order valence-corrected chi connectivity index (χ2v) is 3.85. The minimum atomic E-state index is -0.760. The van der Waals surface area contributed by atoms with Crippen LogP contribution < -0.4 is 5.73 Å². The molecule has 0 saturated heterocycles. The Balaban J connectivity index is 3.05. The lowest BCUT2D eigenvalue weighted by Gasteiger charge is -2.15. The van der Waals surface area contributed by atoms with Crippen molar-refractivity contribution < 1.29 is 9.50 Å². The Kier molecular flexibility index (Phi) is 3.41. The maximum Gasteiger partial charge on any atom is 0.128 e. The lowest BCUT2D eigenvalue weighted by atomic mass is 10.0. The Labute approximate surface area is 84.7 Å². The molecule has 1 aromatic carbocycles. The van der Waals surface area contributed by atoms with Crippen LogP contribution >= 0.6 is 15.9 Å². The van der Waals surface area contributed by atoms with E-state index in [0.717, 1.165) is 4.47 Å². The molecule has 4 heteroatoms. The molecule has 2 nitrogen and oxygen atoms in total. The second-order valence-electron chi connectivity index (χ2n) is 2.93. The van der Waals surface area contributed by atoms with Crippen molar-refractivity contribution in [2.75, 3.05) is 0 Å². The van der Waals surface area contributed by atoms with Gasteiger partial charge in [0.05, 0.1) is 12.1 Å². The van der Waals surface area contributed by atoms with E-state index >= 15 is 0 Å². The van der Waals surface area contributed by atoms with Crippen LogP contribution in [0.3, 0.4) is 0 Å². The van der Waals surface area contributed by atoms with Crippen molar-refractivity contribution in [1.82, 2.24) is 0 Å². The van der Waals surface area contributed by atoms with Crippen LogP contribution in [0.5, 0.6) is 0 Å². The summed E-state index contributed by atoms with van der Waals surface area (Å²) in [5, 5.41) is 9.18. The zero-order valence-electron chi connectivity index (χ0n) is 7.17. The number of aliphatic hydroxyl groups is 1. The first-order valence-corrected chi connectivity index (χ1v) is 4.70. The maximum atomic E-state index is 13.2. The molecule has 0 aromatic heterocycles. The smallest absolute Gasteiger partial charge is 0.128 e. The summed E-state index contributed by atoms with van der Waals surface area (Å²) < 4.78 is 13.9. The molecule has 0 spiro atoms. The van der Waals surface area contributed by atoms with Crippen molar-refractivity contribution in [2.45, 2.75) is 19.1 Å². The third kappa shape index (κ3) is 2.49. The van der Waals surface area contributed by atoms with E-state index in [1.807, 2.05) is 0 Å². The quantitative estimate of drug-likeness (QED) is 0.840. The minimum Gasteiger partial charge on any atom is -0.391 e. The molecule has 0 fully saturated rings. The van der Waals surface area contributed by atoms with Crippen molar-refractivity contribution in [3.63, 3.8) is 0 Å². The second kappa shape index (κ2) is 4.17. The summed E-state index contributed by atoms with van der Waals surface area (Å²) in [4.78, 5) is 0. The van der Waals surface area contributed by atoms with Crippen molar-refractivity contribution in [2.24, 2.45) is 5.73 Å². The molecule has 2 atom stereocenters. The summed E-state index contributed by atoms with van der Waals surface area (Å²) in [7, 11) is 0. The molecule has 0 aliphatic heterocycles. The first kappa shape index (κ1) is 10.6. The first-order valence-electron chi connectivity index (χ1n) is 3.91. The normalized spacial score (nSPS) is 15.5. The van der Waals surface area contributed by atoms with Gasteiger partial charge in [-0.25, -0.2) is 4.39 Å². The summed E-state index contributed by atoms with van der Waals surface area (Å²) in [6.45, 7) is 1.53. The van der Waals surface area contributed by atoms with Crippen LogP contribution in [0.15, 0.2) is 22.7 Å². The molecular formula is C9H11BrFNO. The number of benzene rings is 1. The van der Waals surface area contributed by atoms with E-state index in [0.29, 0.717) is 5.56 Å². The molecule has 13 heavy (non-hydrogen) atoms. The lowest BCUT2D eigenvalue weighted by molar-refractivity contribution is 0.162. The van der Waals surface area contributed by atoms with E-state index in [1.54, 1.807) is 12.1 Å². The van der Waals surface area contributed by atoms with Gasteiger partial charge in [0.2, 0.25) is 0 Å². The molecule has 1 aromatic rings. The van der Waals surface area contributed by atoms with Crippen LogP contribution in [0, 0.1) is 5.82 Å². The molecule has 0 aliphatic carbocycles. The summed E-state index contributed by atoms with van der Waals surface area (Å²) in [6.07, 6.45) is -0.760. The monoisotopic (exact) mass is 247 g/mol. The van der Waals surface area contributed by atoms with Crippen LogP contribution in [0.2, 0.25) is 0 Å². The van der Waals surface area contributed by atoms with Gasteiger partial charge in [-0.2, -0.15) is 0 Å². The molecule has 0 bridgehead atoms. The lowest BCUT2D eigenvalue weighted by Crippen LogP contribution is -2.24. The number of hydrogen-bond donors (Lipinski definition) is 2. The van der Waals surface area contributed by atoms with Gasteiger partial charge in [0.15, 0.2) is 0 Å². The summed E-state index contributed by atoms with van der Waals surface area (Å²) in [6, 6.07) is 3.81. The zero-order valence-corrected chi connectivity index (χ0v) is 8.75. The van der Waals surface area contributed by atoms with Gasteiger partial charge in [-0.1, -0.05) is 15.9 Å². The van der Waals surface area contributed by atoms with Gasteiger partial charge in [0.25, 0.3) is 0 Å².